The van der Waals surface area contributed by atoms with E-state index >= 15 is 0 Å². The number of primary amides is 1. The molecule has 3 rings (SSSR count). The van der Waals surface area contributed by atoms with Crippen LogP contribution in [0.1, 0.15) is 46.8 Å². The van der Waals surface area contributed by atoms with Crippen LogP contribution in [0.3, 0.4) is 0 Å². The van der Waals surface area contributed by atoms with E-state index in [1.165, 1.54) is 18.4 Å². The van der Waals surface area contributed by atoms with Gasteiger partial charge in [-0.25, -0.2) is 4.99 Å². The molecule has 0 aromatic heterocycles. The smallest absolute Gasteiger partial charge is 0.248 e. The second-order valence-corrected chi connectivity index (χ2v) is 7.48. The molecular formula is C23H31IN4O2. The van der Waals surface area contributed by atoms with Crippen molar-refractivity contribution in [1.29, 1.82) is 0 Å². The summed E-state index contributed by atoms with van der Waals surface area (Å²) in [5.41, 5.74) is 9.08. The van der Waals surface area contributed by atoms with Gasteiger partial charge in [-0.15, -0.1) is 24.0 Å². The van der Waals surface area contributed by atoms with Gasteiger partial charge in [0.05, 0.1) is 13.2 Å². The number of nitrogens with zero attached hydrogens (tertiary/aromatic N) is 1. The second-order valence-electron chi connectivity index (χ2n) is 7.48. The summed E-state index contributed by atoms with van der Waals surface area (Å²) in [5, 5.41) is 6.63. The predicted octanol–water partition coefficient (Wildman–Crippen LogP) is 3.76. The molecule has 1 aliphatic carbocycles. The number of aliphatic imine (C=N–C) groups is 1. The molecule has 1 saturated carbocycles. The van der Waals surface area contributed by atoms with E-state index in [9.17, 15) is 4.79 Å². The minimum absolute atomic E-state index is 0. The standard InChI is InChI=1S/C23H30N4O2.HI/c1-3-25-23(26-13-18-5-4-6-19(12-18)22(24)28)27-14-20-10-7-16(2)11-21(20)29-15-17-8-9-17;/h4-7,10-12,17H,3,8-9,13-15H2,1-2H3,(H2,24,28)(H2,25,26,27);1H. The number of guanidine groups is 1. The van der Waals surface area contributed by atoms with Crippen molar-refractivity contribution in [2.75, 3.05) is 13.2 Å². The molecule has 0 heterocycles. The van der Waals surface area contributed by atoms with Crippen molar-refractivity contribution in [3.8, 4) is 5.75 Å². The van der Waals surface area contributed by atoms with E-state index in [0.29, 0.717) is 30.5 Å². The van der Waals surface area contributed by atoms with Crippen LogP contribution >= 0.6 is 24.0 Å². The van der Waals surface area contributed by atoms with Crippen LogP contribution in [0.25, 0.3) is 0 Å². The number of amides is 1. The first kappa shape index (κ1) is 24.0. The molecule has 0 atom stereocenters. The molecule has 0 spiro atoms. The first-order valence-corrected chi connectivity index (χ1v) is 10.2. The summed E-state index contributed by atoms with van der Waals surface area (Å²) >= 11 is 0. The Bertz CT molecular complexity index is 881. The van der Waals surface area contributed by atoms with Crippen molar-refractivity contribution >= 4 is 35.8 Å². The van der Waals surface area contributed by atoms with Crippen LogP contribution in [-0.4, -0.2) is 25.0 Å². The lowest BCUT2D eigenvalue weighted by Gasteiger charge is -2.15. The van der Waals surface area contributed by atoms with E-state index in [4.69, 9.17) is 10.5 Å². The Morgan fingerprint density at radius 3 is 2.70 bits per heavy atom. The number of carbonyl (C=O) groups excluding carboxylic acids is 1. The molecule has 2 aromatic rings. The molecule has 7 heteroatoms. The highest BCUT2D eigenvalue weighted by molar-refractivity contribution is 14.0. The van der Waals surface area contributed by atoms with E-state index in [0.717, 1.165) is 30.0 Å². The summed E-state index contributed by atoms with van der Waals surface area (Å²) in [6.45, 7) is 6.73. The molecule has 1 fully saturated rings. The molecule has 4 N–H and O–H groups in total. The van der Waals surface area contributed by atoms with Gasteiger partial charge >= 0.3 is 0 Å². The molecule has 0 bridgehead atoms. The van der Waals surface area contributed by atoms with E-state index in [1.807, 2.05) is 19.1 Å². The van der Waals surface area contributed by atoms with E-state index < -0.39 is 5.91 Å². The maximum atomic E-state index is 11.4. The molecule has 2 aromatic carbocycles. The van der Waals surface area contributed by atoms with Crippen LogP contribution in [-0.2, 0) is 13.1 Å². The molecule has 0 saturated heterocycles. The number of nitrogens with one attached hydrogen (secondary N) is 2. The third-order valence-electron chi connectivity index (χ3n) is 4.82. The number of carbonyl (C=O) groups is 1. The fraction of sp³-hybridized carbons (Fsp3) is 0.391. The molecule has 162 valence electrons. The first-order chi connectivity index (χ1) is 14.0. The summed E-state index contributed by atoms with van der Waals surface area (Å²) in [6.07, 6.45) is 2.54. The van der Waals surface area contributed by atoms with E-state index in [1.54, 1.807) is 12.1 Å². The number of halogens is 1. The Hall–Kier alpha value is -2.29. The lowest BCUT2D eigenvalue weighted by atomic mass is 10.1. The quantitative estimate of drug-likeness (QED) is 0.266. The van der Waals surface area contributed by atoms with Gasteiger partial charge in [-0.3, -0.25) is 4.79 Å². The molecule has 1 aliphatic rings. The maximum absolute atomic E-state index is 11.4. The maximum Gasteiger partial charge on any atom is 0.248 e. The van der Waals surface area contributed by atoms with Gasteiger partial charge in [-0.2, -0.15) is 0 Å². The lowest BCUT2D eigenvalue weighted by Crippen LogP contribution is -2.36. The van der Waals surface area contributed by atoms with Gasteiger partial charge in [0.2, 0.25) is 5.91 Å². The van der Waals surface area contributed by atoms with Crippen molar-refractivity contribution < 1.29 is 9.53 Å². The normalized spacial score (nSPS) is 13.3. The molecular weight excluding hydrogens is 491 g/mol. The fourth-order valence-corrected chi connectivity index (χ4v) is 2.95. The van der Waals surface area contributed by atoms with Crippen molar-refractivity contribution in [3.05, 3.63) is 64.7 Å². The van der Waals surface area contributed by atoms with Crippen molar-refractivity contribution in [2.24, 2.45) is 16.6 Å². The average Bonchev–Trinajstić information content (AvgIpc) is 3.54. The van der Waals surface area contributed by atoms with Crippen LogP contribution in [0, 0.1) is 12.8 Å². The van der Waals surface area contributed by atoms with Crippen LogP contribution < -0.4 is 21.1 Å². The molecule has 1 amide bonds. The van der Waals surface area contributed by atoms with Crippen LogP contribution in [0.4, 0.5) is 0 Å². The van der Waals surface area contributed by atoms with Gasteiger partial charge in [0.1, 0.15) is 5.75 Å². The number of hydrogen-bond acceptors (Lipinski definition) is 3. The van der Waals surface area contributed by atoms with Gasteiger partial charge in [0.25, 0.3) is 0 Å². The van der Waals surface area contributed by atoms with Crippen LogP contribution in [0.2, 0.25) is 0 Å². The summed E-state index contributed by atoms with van der Waals surface area (Å²) in [6, 6.07) is 13.5. The van der Waals surface area contributed by atoms with Crippen molar-refractivity contribution in [3.63, 3.8) is 0 Å². The zero-order chi connectivity index (χ0) is 20.6. The van der Waals surface area contributed by atoms with Gasteiger partial charge in [-0.1, -0.05) is 24.3 Å². The highest BCUT2D eigenvalue weighted by atomic mass is 127. The summed E-state index contributed by atoms with van der Waals surface area (Å²) in [7, 11) is 0. The second kappa shape index (κ2) is 11.8. The Morgan fingerprint density at radius 1 is 1.20 bits per heavy atom. The topological polar surface area (TPSA) is 88.7 Å². The van der Waals surface area contributed by atoms with Gasteiger partial charge in [0.15, 0.2) is 5.96 Å². The molecule has 0 aliphatic heterocycles. The molecule has 0 unspecified atom stereocenters. The summed E-state index contributed by atoms with van der Waals surface area (Å²) in [5.74, 6) is 1.94. The number of benzene rings is 2. The third-order valence-corrected chi connectivity index (χ3v) is 4.82. The number of nitrogens with two attached hydrogens (primary N) is 1. The Kier molecular flexibility index (Phi) is 9.42. The monoisotopic (exact) mass is 522 g/mol. The molecule has 0 radical (unpaired) electrons. The minimum atomic E-state index is -0.432. The number of aryl methyl sites for hydroxylation is 1. The van der Waals surface area contributed by atoms with Crippen LogP contribution in [0.15, 0.2) is 47.5 Å². The van der Waals surface area contributed by atoms with Crippen molar-refractivity contribution in [2.45, 2.75) is 39.8 Å². The Balaban J connectivity index is 0.00000320. The summed E-state index contributed by atoms with van der Waals surface area (Å²) in [4.78, 5) is 16.0. The van der Waals surface area contributed by atoms with Crippen molar-refractivity contribution in [1.82, 2.24) is 10.6 Å². The number of rotatable bonds is 9. The van der Waals surface area contributed by atoms with E-state index in [2.05, 4.69) is 40.7 Å². The predicted molar refractivity (Wildman–Crippen MR) is 131 cm³/mol. The molecule has 6 nitrogen and oxygen atoms in total. The minimum Gasteiger partial charge on any atom is -0.493 e. The fourth-order valence-electron chi connectivity index (χ4n) is 2.95. The highest BCUT2D eigenvalue weighted by Crippen LogP contribution is 2.30. The highest BCUT2D eigenvalue weighted by Gasteiger charge is 2.22. The zero-order valence-corrected chi connectivity index (χ0v) is 19.9. The van der Waals surface area contributed by atoms with E-state index in [-0.39, 0.29) is 24.0 Å². The largest absolute Gasteiger partial charge is 0.493 e. The van der Waals surface area contributed by atoms with Crippen LogP contribution in [0.5, 0.6) is 5.75 Å². The lowest BCUT2D eigenvalue weighted by molar-refractivity contribution is 0.1000. The SMILES string of the molecule is CCNC(=NCc1cccc(C(N)=O)c1)NCc1ccc(C)cc1OCC1CC1.I. The van der Waals surface area contributed by atoms with Gasteiger partial charge < -0.3 is 21.1 Å². The number of hydrogen-bond donors (Lipinski definition) is 3. The Labute approximate surface area is 195 Å². The molecule has 30 heavy (non-hydrogen) atoms. The number of ether oxygens (including phenoxy) is 1. The van der Waals surface area contributed by atoms with Gasteiger partial charge in [0, 0.05) is 24.2 Å². The first-order valence-electron chi connectivity index (χ1n) is 10.2. The Morgan fingerprint density at radius 2 is 2.00 bits per heavy atom. The average molecular weight is 522 g/mol. The third kappa shape index (κ3) is 7.51. The zero-order valence-electron chi connectivity index (χ0n) is 17.6. The summed E-state index contributed by atoms with van der Waals surface area (Å²) < 4.78 is 6.05. The van der Waals surface area contributed by atoms with Gasteiger partial charge in [-0.05, 0) is 61.9 Å².